The average Bonchev–Trinajstić information content (AvgIpc) is 3.25. The first kappa shape index (κ1) is 23.3. The van der Waals surface area contributed by atoms with Gasteiger partial charge in [-0.1, -0.05) is 23.7 Å². The summed E-state index contributed by atoms with van der Waals surface area (Å²) < 4.78 is 31.7. The second-order valence-corrected chi connectivity index (χ2v) is 11.0. The van der Waals surface area contributed by atoms with Crippen LogP contribution in [0.5, 0.6) is 0 Å². The van der Waals surface area contributed by atoms with Gasteiger partial charge in [0.1, 0.15) is 0 Å². The monoisotopic (exact) mass is 499 g/mol. The zero-order valence-electron chi connectivity index (χ0n) is 19.0. The molecule has 2 fully saturated rings. The van der Waals surface area contributed by atoms with Crippen LogP contribution in [0, 0.1) is 13.8 Å². The van der Waals surface area contributed by atoms with E-state index in [1.807, 2.05) is 30.5 Å². The summed E-state index contributed by atoms with van der Waals surface area (Å²) in [5.41, 5.74) is 3.63. The van der Waals surface area contributed by atoms with Crippen molar-refractivity contribution in [3.63, 3.8) is 0 Å². The van der Waals surface area contributed by atoms with Crippen molar-refractivity contribution in [3.8, 4) is 16.9 Å². The number of carbonyl (C=O) groups excluding carboxylic acids is 1. The molecule has 0 amide bonds. The number of nitrogens with two attached hydrogens (primary N) is 1. The largest absolute Gasteiger partial charge is 0.350 e. The van der Waals surface area contributed by atoms with E-state index in [1.165, 1.54) is 12.1 Å². The fourth-order valence-electron chi connectivity index (χ4n) is 5.22. The number of halogens is 1. The summed E-state index contributed by atoms with van der Waals surface area (Å²) in [7, 11) is -3.82. The maximum Gasteiger partial charge on any atom is 0.238 e. The van der Waals surface area contributed by atoms with Crippen molar-refractivity contribution in [2.24, 2.45) is 5.14 Å². The van der Waals surface area contributed by atoms with Crippen LogP contribution in [-0.2, 0) is 14.8 Å². The van der Waals surface area contributed by atoms with Crippen LogP contribution in [0.2, 0.25) is 5.02 Å². The lowest BCUT2D eigenvalue weighted by Gasteiger charge is -2.33. The van der Waals surface area contributed by atoms with Gasteiger partial charge >= 0.3 is 0 Å². The molecule has 0 radical (unpaired) electrons. The molecule has 2 unspecified atom stereocenters. The van der Waals surface area contributed by atoms with Gasteiger partial charge in [0.05, 0.1) is 16.7 Å². The Labute approximate surface area is 203 Å². The van der Waals surface area contributed by atoms with Crippen LogP contribution in [0.25, 0.3) is 16.9 Å². The van der Waals surface area contributed by atoms with Gasteiger partial charge in [-0.15, -0.1) is 0 Å². The van der Waals surface area contributed by atoms with E-state index in [2.05, 4.69) is 5.32 Å². The van der Waals surface area contributed by atoms with Gasteiger partial charge in [-0.2, -0.15) is 0 Å². The van der Waals surface area contributed by atoms with Crippen molar-refractivity contribution in [1.82, 2.24) is 9.88 Å². The van der Waals surface area contributed by atoms with E-state index >= 15 is 0 Å². The molecule has 2 aromatic carbocycles. The number of hydrogen-bond donors (Lipinski definition) is 2. The summed E-state index contributed by atoms with van der Waals surface area (Å²) in [5.74, 6) is -0.0696. The molecule has 2 aliphatic rings. The molecule has 9 heteroatoms. The maximum absolute atomic E-state index is 14.0. The number of Topliss-reactive ketones (excluding diaryl/α,β-unsaturated/α-hetero) is 1. The van der Waals surface area contributed by atoms with Crippen molar-refractivity contribution in [2.45, 2.75) is 49.8 Å². The van der Waals surface area contributed by atoms with Gasteiger partial charge in [-0.3, -0.25) is 10.1 Å². The highest BCUT2D eigenvalue weighted by molar-refractivity contribution is 7.89. The predicted octanol–water partition coefficient (Wildman–Crippen LogP) is 4.11. The molecular formula is C25H26ClN3O4S. The molecule has 3 N–H and O–H groups in total. The van der Waals surface area contributed by atoms with E-state index in [4.69, 9.17) is 21.5 Å². The van der Waals surface area contributed by atoms with Crippen LogP contribution in [-0.4, -0.2) is 37.1 Å². The number of nitrogens with zero attached hydrogens (tertiary/aromatic N) is 1. The number of ketones is 1. The van der Waals surface area contributed by atoms with Gasteiger partial charge in [0, 0.05) is 34.9 Å². The zero-order chi connectivity index (χ0) is 24.3. The van der Waals surface area contributed by atoms with E-state index in [1.54, 1.807) is 24.3 Å². The van der Waals surface area contributed by atoms with Gasteiger partial charge in [0.25, 0.3) is 0 Å². The first-order valence-corrected chi connectivity index (χ1v) is 13.1. The summed E-state index contributed by atoms with van der Waals surface area (Å²) in [5, 5.41) is 9.23. The quantitative estimate of drug-likeness (QED) is 0.514. The van der Waals surface area contributed by atoms with Crippen molar-refractivity contribution < 1.29 is 17.9 Å². The lowest BCUT2D eigenvalue weighted by atomic mass is 9.94. The molecule has 34 heavy (non-hydrogen) atoms. The Morgan fingerprint density at radius 1 is 1.12 bits per heavy atom. The first-order chi connectivity index (χ1) is 16.1. The summed E-state index contributed by atoms with van der Waals surface area (Å²) in [6.07, 6.45) is 2.51. The third-order valence-electron chi connectivity index (χ3n) is 6.85. The average molecular weight is 500 g/mol. The van der Waals surface area contributed by atoms with Crippen LogP contribution in [0.1, 0.15) is 40.9 Å². The van der Waals surface area contributed by atoms with Crippen LogP contribution in [0.3, 0.4) is 0 Å². The highest BCUT2D eigenvalue weighted by Gasteiger charge is 2.50. The highest BCUT2D eigenvalue weighted by Crippen LogP contribution is 2.41. The minimum absolute atomic E-state index is 0.0258. The molecule has 178 valence electrons. The number of nitrogens with one attached hydrogen (secondary N) is 1. The van der Waals surface area contributed by atoms with Gasteiger partial charge in [-0.05, 0) is 74.2 Å². The molecule has 0 saturated carbocycles. The number of hydrogen-bond acceptors (Lipinski definition) is 5. The standard InChI is InChI=1S/C25H26ClN3O4S/c1-15-22(24(30)25-13-11-20(33-25)12-14-28-25)16(2)29(23(15)17-3-5-18(26)6-4-17)19-7-9-21(10-8-19)34(27,31)32/h3-10,20,28H,11-14H2,1-2H3,(H2,27,31,32). The molecule has 2 aliphatic heterocycles. The van der Waals surface area contributed by atoms with Gasteiger partial charge < -0.3 is 9.30 Å². The molecule has 2 atom stereocenters. The summed E-state index contributed by atoms with van der Waals surface area (Å²) >= 11 is 6.13. The third-order valence-corrected chi connectivity index (χ3v) is 8.03. The van der Waals surface area contributed by atoms with E-state index in [9.17, 15) is 13.2 Å². The Morgan fingerprint density at radius 2 is 1.79 bits per heavy atom. The summed E-state index contributed by atoms with van der Waals surface area (Å²) in [6.45, 7) is 4.58. The Bertz CT molecular complexity index is 1380. The fourth-order valence-corrected chi connectivity index (χ4v) is 5.86. The van der Waals surface area contributed by atoms with Crippen molar-refractivity contribution in [3.05, 3.63) is 70.4 Å². The lowest BCUT2D eigenvalue weighted by molar-refractivity contribution is -0.0674. The molecule has 5 rings (SSSR count). The van der Waals surface area contributed by atoms with Gasteiger partial charge in [0.2, 0.25) is 15.8 Å². The molecule has 3 heterocycles. The highest BCUT2D eigenvalue weighted by atomic mass is 35.5. The van der Waals surface area contributed by atoms with Crippen LogP contribution < -0.4 is 10.5 Å². The lowest BCUT2D eigenvalue weighted by Crippen LogP contribution is -2.55. The summed E-state index contributed by atoms with van der Waals surface area (Å²) in [6, 6.07) is 13.8. The van der Waals surface area contributed by atoms with E-state index < -0.39 is 15.7 Å². The normalized spacial score (nSPS) is 22.2. The Hall–Kier alpha value is -2.49. The zero-order valence-corrected chi connectivity index (χ0v) is 20.5. The van der Waals surface area contributed by atoms with Crippen molar-refractivity contribution in [1.29, 1.82) is 0 Å². The Balaban J connectivity index is 1.70. The molecule has 0 aliphatic carbocycles. The van der Waals surface area contributed by atoms with Crippen LogP contribution in [0.4, 0.5) is 0 Å². The van der Waals surface area contributed by atoms with Crippen LogP contribution in [0.15, 0.2) is 53.4 Å². The molecule has 2 saturated heterocycles. The number of benzene rings is 2. The predicted molar refractivity (Wildman–Crippen MR) is 131 cm³/mol. The van der Waals surface area contributed by atoms with E-state index in [0.717, 1.165) is 47.6 Å². The Kier molecular flexibility index (Phi) is 5.69. The first-order valence-electron chi connectivity index (χ1n) is 11.2. The number of rotatable bonds is 5. The number of primary sulfonamides is 1. The number of carbonyl (C=O) groups is 1. The van der Waals surface area contributed by atoms with Crippen molar-refractivity contribution >= 4 is 27.4 Å². The minimum Gasteiger partial charge on any atom is -0.350 e. The number of fused-ring (bicyclic) bond motifs is 2. The number of ether oxygens (including phenoxy) is 1. The van der Waals surface area contributed by atoms with Crippen LogP contribution >= 0.6 is 11.6 Å². The minimum atomic E-state index is -3.82. The van der Waals surface area contributed by atoms with E-state index in [-0.39, 0.29) is 16.8 Å². The second kappa shape index (κ2) is 8.32. The van der Waals surface area contributed by atoms with E-state index in [0.29, 0.717) is 17.0 Å². The maximum atomic E-state index is 14.0. The second-order valence-electron chi connectivity index (χ2n) is 8.97. The van der Waals surface area contributed by atoms with Gasteiger partial charge in [0.15, 0.2) is 5.72 Å². The SMILES string of the molecule is Cc1c(C(=O)C23CCC(CCN2)O3)c(C)n(-c2ccc(S(N)(=O)=O)cc2)c1-c1ccc(Cl)cc1. The third kappa shape index (κ3) is 3.79. The van der Waals surface area contributed by atoms with Crippen molar-refractivity contribution in [2.75, 3.05) is 6.54 Å². The number of sulfonamides is 1. The molecule has 3 aromatic rings. The fraction of sp³-hybridized carbons (Fsp3) is 0.320. The number of aromatic nitrogens is 1. The molecule has 2 bridgehead atoms. The molecular weight excluding hydrogens is 474 g/mol. The summed E-state index contributed by atoms with van der Waals surface area (Å²) in [4.78, 5) is 14.0. The molecule has 1 aromatic heterocycles. The topological polar surface area (TPSA) is 103 Å². The van der Waals surface area contributed by atoms with Gasteiger partial charge in [-0.25, -0.2) is 13.6 Å². The Morgan fingerprint density at radius 3 is 2.44 bits per heavy atom. The molecule has 7 nitrogen and oxygen atoms in total. The molecule has 0 spiro atoms. The smallest absolute Gasteiger partial charge is 0.238 e.